The number of nitrogens with zero attached hydrogens (tertiary/aromatic N) is 4. The summed E-state index contributed by atoms with van der Waals surface area (Å²) in [6.07, 6.45) is 2.84. The molecule has 0 radical (unpaired) electrons. The molecule has 0 bridgehead atoms. The highest BCUT2D eigenvalue weighted by Crippen LogP contribution is 2.21. The van der Waals surface area contributed by atoms with Gasteiger partial charge >= 0.3 is 0 Å². The van der Waals surface area contributed by atoms with E-state index in [1.54, 1.807) is 4.68 Å². The Morgan fingerprint density at radius 3 is 2.40 bits per heavy atom. The molecule has 1 aliphatic heterocycles. The molecule has 20 heavy (non-hydrogen) atoms. The van der Waals surface area contributed by atoms with Crippen LogP contribution in [0.5, 0.6) is 0 Å². The molecule has 1 aliphatic rings. The van der Waals surface area contributed by atoms with Crippen LogP contribution in [0, 0.1) is 11.8 Å². The van der Waals surface area contributed by atoms with Gasteiger partial charge in [-0.3, -0.25) is 4.79 Å². The van der Waals surface area contributed by atoms with E-state index in [-0.39, 0.29) is 5.91 Å². The highest BCUT2D eigenvalue weighted by Gasteiger charge is 2.26. The molecule has 0 aliphatic carbocycles. The van der Waals surface area contributed by atoms with Gasteiger partial charge in [0.2, 0.25) is 5.91 Å². The van der Waals surface area contributed by atoms with Crippen molar-refractivity contribution in [2.24, 2.45) is 11.8 Å². The third-order valence-corrected chi connectivity index (χ3v) is 3.93. The van der Waals surface area contributed by atoms with Gasteiger partial charge in [-0.05, 0) is 18.3 Å². The molecule has 5 nitrogen and oxygen atoms in total. The molecule has 1 fully saturated rings. The third kappa shape index (κ3) is 3.38. The van der Waals surface area contributed by atoms with Gasteiger partial charge in [-0.1, -0.05) is 27.7 Å². The first-order valence-corrected chi connectivity index (χ1v) is 7.73. The van der Waals surface area contributed by atoms with Crippen LogP contribution in [0.3, 0.4) is 0 Å². The highest BCUT2D eigenvalue weighted by atomic mass is 16.2. The number of likely N-dealkylation sites (tertiary alicyclic amines) is 1. The molecule has 2 atom stereocenters. The number of aromatic nitrogens is 3. The van der Waals surface area contributed by atoms with Gasteiger partial charge in [0.1, 0.15) is 12.4 Å². The highest BCUT2D eigenvalue weighted by molar-refractivity contribution is 5.76. The Morgan fingerprint density at radius 1 is 1.20 bits per heavy atom. The van der Waals surface area contributed by atoms with Gasteiger partial charge in [0.15, 0.2) is 5.82 Å². The smallest absolute Gasteiger partial charge is 0.244 e. The Kier molecular flexibility index (Phi) is 4.78. The molecule has 5 heteroatoms. The summed E-state index contributed by atoms with van der Waals surface area (Å²) in [6, 6.07) is 0. The maximum Gasteiger partial charge on any atom is 0.244 e. The molecule has 2 rings (SSSR count). The zero-order valence-corrected chi connectivity index (χ0v) is 13.1. The lowest BCUT2D eigenvalue weighted by Crippen LogP contribution is -2.44. The maximum absolute atomic E-state index is 12.5. The fourth-order valence-corrected chi connectivity index (χ4v) is 3.06. The Balaban J connectivity index is 2.05. The van der Waals surface area contributed by atoms with Crippen molar-refractivity contribution in [1.29, 1.82) is 0 Å². The van der Waals surface area contributed by atoms with Crippen molar-refractivity contribution in [2.75, 3.05) is 13.1 Å². The summed E-state index contributed by atoms with van der Waals surface area (Å²) in [4.78, 5) is 18.9. The Morgan fingerprint density at radius 2 is 1.85 bits per heavy atom. The normalized spacial score (nSPS) is 23.1. The van der Waals surface area contributed by atoms with Crippen LogP contribution in [-0.4, -0.2) is 38.7 Å². The fraction of sp³-hybridized carbons (Fsp3) is 0.800. The monoisotopic (exact) mass is 278 g/mol. The molecule has 1 amide bonds. The number of piperidine rings is 1. The molecule has 2 heterocycles. The molecule has 1 saturated heterocycles. The second kappa shape index (κ2) is 6.37. The molecule has 0 N–H and O–H groups in total. The van der Waals surface area contributed by atoms with Gasteiger partial charge in [0.05, 0.1) is 0 Å². The zero-order valence-electron chi connectivity index (χ0n) is 13.1. The number of aryl methyl sites for hydroxylation is 2. The van der Waals surface area contributed by atoms with Gasteiger partial charge in [-0.15, -0.1) is 0 Å². The SMILES string of the molecule is CCc1nc(CC)n(CC(=O)N2CC(C)CC(C)C2)n1. The van der Waals surface area contributed by atoms with E-state index in [1.807, 2.05) is 11.8 Å². The lowest BCUT2D eigenvalue weighted by Gasteiger charge is -2.35. The molecular formula is C15H26N4O. The van der Waals surface area contributed by atoms with Crippen molar-refractivity contribution >= 4 is 5.91 Å². The lowest BCUT2D eigenvalue weighted by molar-refractivity contribution is -0.134. The van der Waals surface area contributed by atoms with Crippen LogP contribution in [0.4, 0.5) is 0 Å². The number of hydrogen-bond donors (Lipinski definition) is 0. The van der Waals surface area contributed by atoms with Crippen LogP contribution in [-0.2, 0) is 24.2 Å². The van der Waals surface area contributed by atoms with E-state index in [2.05, 4.69) is 30.9 Å². The van der Waals surface area contributed by atoms with Crippen molar-refractivity contribution < 1.29 is 4.79 Å². The molecule has 0 spiro atoms. The first kappa shape index (κ1) is 15.0. The lowest BCUT2D eigenvalue weighted by atomic mass is 9.92. The van der Waals surface area contributed by atoms with E-state index in [9.17, 15) is 4.79 Å². The van der Waals surface area contributed by atoms with Crippen molar-refractivity contribution in [1.82, 2.24) is 19.7 Å². The third-order valence-electron chi connectivity index (χ3n) is 3.93. The maximum atomic E-state index is 12.5. The predicted molar refractivity (Wildman–Crippen MR) is 78.3 cm³/mol. The molecule has 1 aromatic heterocycles. The van der Waals surface area contributed by atoms with Crippen molar-refractivity contribution in [3.05, 3.63) is 11.6 Å². The standard InChI is InChI=1S/C15H26N4O/c1-5-13-16-14(6-2)19(17-13)10-15(20)18-8-11(3)7-12(4)9-18/h11-12H,5-10H2,1-4H3. The van der Waals surface area contributed by atoms with Crippen LogP contribution < -0.4 is 0 Å². The van der Waals surface area contributed by atoms with E-state index >= 15 is 0 Å². The molecule has 0 saturated carbocycles. The summed E-state index contributed by atoms with van der Waals surface area (Å²) in [5, 5.41) is 4.43. The summed E-state index contributed by atoms with van der Waals surface area (Å²) < 4.78 is 1.78. The van der Waals surface area contributed by atoms with E-state index in [4.69, 9.17) is 0 Å². The molecular weight excluding hydrogens is 252 g/mol. The second-order valence-electron chi connectivity index (χ2n) is 6.05. The van der Waals surface area contributed by atoms with Gasteiger partial charge in [0.25, 0.3) is 0 Å². The average molecular weight is 278 g/mol. The number of carbonyl (C=O) groups excluding carboxylic acids is 1. The minimum atomic E-state index is 0.172. The number of hydrogen-bond acceptors (Lipinski definition) is 3. The Hall–Kier alpha value is -1.39. The predicted octanol–water partition coefficient (Wildman–Crippen LogP) is 1.91. The van der Waals surface area contributed by atoms with E-state index < -0.39 is 0 Å². The van der Waals surface area contributed by atoms with Crippen molar-refractivity contribution in [2.45, 2.75) is 53.5 Å². The zero-order chi connectivity index (χ0) is 14.7. The Bertz CT molecular complexity index is 458. The first-order chi connectivity index (χ1) is 9.53. The summed E-state index contributed by atoms with van der Waals surface area (Å²) in [6.45, 7) is 10.6. The number of carbonyl (C=O) groups is 1. The molecule has 2 unspecified atom stereocenters. The summed E-state index contributed by atoms with van der Waals surface area (Å²) in [7, 11) is 0. The minimum Gasteiger partial charge on any atom is -0.341 e. The van der Waals surface area contributed by atoms with Gasteiger partial charge < -0.3 is 4.90 Å². The van der Waals surface area contributed by atoms with Crippen LogP contribution in [0.2, 0.25) is 0 Å². The van der Waals surface area contributed by atoms with Crippen molar-refractivity contribution in [3.8, 4) is 0 Å². The average Bonchev–Trinajstić information content (AvgIpc) is 2.79. The number of rotatable bonds is 4. The van der Waals surface area contributed by atoms with Gasteiger partial charge in [-0.2, -0.15) is 5.10 Å². The van der Waals surface area contributed by atoms with Gasteiger partial charge in [-0.25, -0.2) is 9.67 Å². The summed E-state index contributed by atoms with van der Waals surface area (Å²) >= 11 is 0. The Labute approximate surface area is 121 Å². The van der Waals surface area contributed by atoms with E-state index in [0.717, 1.165) is 37.6 Å². The minimum absolute atomic E-state index is 0.172. The quantitative estimate of drug-likeness (QED) is 0.845. The van der Waals surface area contributed by atoms with Gasteiger partial charge in [0, 0.05) is 25.9 Å². The van der Waals surface area contributed by atoms with E-state index in [0.29, 0.717) is 18.4 Å². The molecule has 0 aromatic carbocycles. The first-order valence-electron chi connectivity index (χ1n) is 7.73. The summed E-state index contributed by atoms with van der Waals surface area (Å²) in [5.74, 6) is 3.10. The van der Waals surface area contributed by atoms with Crippen LogP contribution in [0.15, 0.2) is 0 Å². The van der Waals surface area contributed by atoms with Crippen LogP contribution in [0.25, 0.3) is 0 Å². The number of amides is 1. The van der Waals surface area contributed by atoms with Crippen LogP contribution >= 0.6 is 0 Å². The largest absolute Gasteiger partial charge is 0.341 e. The summed E-state index contributed by atoms with van der Waals surface area (Å²) in [5.41, 5.74) is 0. The topological polar surface area (TPSA) is 51.0 Å². The van der Waals surface area contributed by atoms with Crippen LogP contribution in [0.1, 0.15) is 45.8 Å². The fourth-order valence-electron chi connectivity index (χ4n) is 3.06. The molecule has 1 aromatic rings. The van der Waals surface area contributed by atoms with E-state index in [1.165, 1.54) is 6.42 Å². The molecule has 112 valence electrons. The van der Waals surface area contributed by atoms with Crippen molar-refractivity contribution in [3.63, 3.8) is 0 Å². The second-order valence-corrected chi connectivity index (χ2v) is 6.05.